The van der Waals surface area contributed by atoms with Crippen molar-refractivity contribution in [3.05, 3.63) is 12.4 Å². The van der Waals surface area contributed by atoms with Crippen molar-refractivity contribution in [2.24, 2.45) is 5.73 Å². The molecular weight excluding hydrogens is 486 g/mol. The SMILES string of the molecule is C#CC1(COP)CCC(n2cnc3c(N)nc(F)nc32)O1.CC(C)OC(=O)C(C)N.CCC.CCC. The molecule has 4 N–H and O–H groups in total. The van der Waals surface area contributed by atoms with Crippen molar-refractivity contribution in [2.45, 2.75) is 98.1 Å². The number of hydrogen-bond acceptors (Lipinski definition) is 9. The van der Waals surface area contributed by atoms with Crippen molar-refractivity contribution in [2.75, 3.05) is 12.3 Å². The molecule has 3 heterocycles. The van der Waals surface area contributed by atoms with E-state index in [-0.39, 0.29) is 30.1 Å². The molecule has 0 bridgehead atoms. The van der Waals surface area contributed by atoms with E-state index in [1.165, 1.54) is 19.2 Å². The Kier molecular flexibility index (Phi) is 16.0. The smallest absolute Gasteiger partial charge is 0.322 e. The topological polar surface area (TPSA) is 140 Å². The molecular formula is C24H42FN6O4P. The molecule has 0 spiro atoms. The molecule has 0 radical (unpaired) electrons. The van der Waals surface area contributed by atoms with Crippen LogP contribution in [-0.4, -0.2) is 49.8 Å². The third kappa shape index (κ3) is 10.7. The van der Waals surface area contributed by atoms with Gasteiger partial charge in [0.15, 0.2) is 22.6 Å². The number of nitrogens with two attached hydrogens (primary N) is 2. The monoisotopic (exact) mass is 528 g/mol. The van der Waals surface area contributed by atoms with Crippen molar-refractivity contribution in [1.29, 1.82) is 0 Å². The first kappa shape index (κ1) is 33.6. The number of carbonyl (C=O) groups is 1. The van der Waals surface area contributed by atoms with Gasteiger partial charge in [-0.25, -0.2) is 4.98 Å². The molecule has 36 heavy (non-hydrogen) atoms. The van der Waals surface area contributed by atoms with Crippen molar-refractivity contribution < 1.29 is 23.2 Å². The lowest BCUT2D eigenvalue weighted by molar-refractivity contribution is -0.148. The quantitative estimate of drug-likeness (QED) is 0.253. The van der Waals surface area contributed by atoms with Crippen LogP contribution >= 0.6 is 9.47 Å². The summed E-state index contributed by atoms with van der Waals surface area (Å²) < 4.78 is 30.6. The molecule has 1 fully saturated rings. The fourth-order valence-electron chi connectivity index (χ4n) is 2.78. The highest BCUT2D eigenvalue weighted by Crippen LogP contribution is 2.38. The maximum Gasteiger partial charge on any atom is 0.322 e. The van der Waals surface area contributed by atoms with Gasteiger partial charge < -0.3 is 25.5 Å². The fraction of sp³-hybridized carbons (Fsp3) is 0.667. The highest BCUT2D eigenvalue weighted by Gasteiger charge is 2.40. The molecule has 1 saturated heterocycles. The van der Waals surface area contributed by atoms with Gasteiger partial charge in [-0.2, -0.15) is 14.4 Å². The molecule has 1 aliphatic heterocycles. The highest BCUT2D eigenvalue weighted by molar-refractivity contribution is 7.09. The van der Waals surface area contributed by atoms with Crippen LogP contribution < -0.4 is 11.5 Å². The average molecular weight is 529 g/mol. The van der Waals surface area contributed by atoms with Crippen molar-refractivity contribution in [3.8, 4) is 12.3 Å². The van der Waals surface area contributed by atoms with Crippen LogP contribution in [0.2, 0.25) is 0 Å². The zero-order valence-corrected chi connectivity index (χ0v) is 23.6. The number of terminal acetylenes is 1. The zero-order chi connectivity index (χ0) is 27.9. The molecule has 10 nitrogen and oxygen atoms in total. The van der Waals surface area contributed by atoms with Crippen LogP contribution in [0.5, 0.6) is 0 Å². The normalized spacial score (nSPS) is 19.1. The third-order valence-corrected chi connectivity index (χ3v) is 4.36. The number of ether oxygens (including phenoxy) is 2. The summed E-state index contributed by atoms with van der Waals surface area (Å²) in [6.45, 7) is 13.9. The molecule has 1 aliphatic rings. The number of nitrogens with zero attached hydrogens (tertiary/aromatic N) is 4. The van der Waals surface area contributed by atoms with Gasteiger partial charge in [-0.15, -0.1) is 6.42 Å². The van der Waals surface area contributed by atoms with E-state index in [4.69, 9.17) is 31.9 Å². The number of imidazole rings is 1. The Morgan fingerprint density at radius 1 is 1.33 bits per heavy atom. The minimum atomic E-state index is -0.906. The van der Waals surface area contributed by atoms with Gasteiger partial charge in [0.1, 0.15) is 12.3 Å². The molecule has 4 unspecified atom stereocenters. The number of rotatable bonds is 5. The van der Waals surface area contributed by atoms with Gasteiger partial charge in [0.05, 0.1) is 19.0 Å². The van der Waals surface area contributed by atoms with E-state index in [0.29, 0.717) is 18.4 Å². The van der Waals surface area contributed by atoms with Crippen LogP contribution in [0.15, 0.2) is 6.33 Å². The summed E-state index contributed by atoms with van der Waals surface area (Å²) in [6.07, 6.45) is 9.41. The Labute approximate surface area is 216 Å². The average Bonchev–Trinajstić information content (AvgIpc) is 3.40. The van der Waals surface area contributed by atoms with Crippen LogP contribution in [0.1, 0.15) is 80.4 Å². The number of fused-ring (bicyclic) bond motifs is 1. The van der Waals surface area contributed by atoms with Gasteiger partial charge in [0.25, 0.3) is 0 Å². The van der Waals surface area contributed by atoms with E-state index in [1.807, 2.05) is 0 Å². The lowest BCUT2D eigenvalue weighted by Crippen LogP contribution is -2.31. The molecule has 2 aromatic heterocycles. The molecule has 12 heteroatoms. The number of aromatic nitrogens is 4. The van der Waals surface area contributed by atoms with E-state index in [0.717, 1.165) is 0 Å². The van der Waals surface area contributed by atoms with E-state index < -0.39 is 23.9 Å². The van der Waals surface area contributed by atoms with Crippen LogP contribution in [0.3, 0.4) is 0 Å². The molecule has 0 aromatic carbocycles. The van der Waals surface area contributed by atoms with Crippen LogP contribution in [-0.2, 0) is 18.8 Å². The maximum atomic E-state index is 13.3. The predicted octanol–water partition coefficient (Wildman–Crippen LogP) is 4.15. The van der Waals surface area contributed by atoms with Gasteiger partial charge in [0.2, 0.25) is 0 Å². The third-order valence-electron chi connectivity index (χ3n) is 4.19. The lowest BCUT2D eigenvalue weighted by Gasteiger charge is -2.22. The van der Waals surface area contributed by atoms with Gasteiger partial charge in [-0.1, -0.05) is 46.5 Å². The van der Waals surface area contributed by atoms with E-state index in [2.05, 4.69) is 58.0 Å². The lowest BCUT2D eigenvalue weighted by atomic mass is 10.0. The standard InChI is InChI=1S/C12H13FN5O2P.C6H13NO2.2C3H8/c1-2-12(5-19-21)4-3-7(20-12)18-6-15-8-9(14)16-11(13)17-10(8)18;1-4(2)9-6(8)5(3)7;2*1-3-2/h1,6-7H,3-5,21H2,(H2,14,16,17);4-5H,7H2,1-3H3;2*3H2,1-2H3. The van der Waals surface area contributed by atoms with Crippen molar-refractivity contribution in [1.82, 2.24) is 19.5 Å². The summed E-state index contributed by atoms with van der Waals surface area (Å²) in [5, 5.41) is 0. The van der Waals surface area contributed by atoms with Gasteiger partial charge in [-0.05, 0) is 33.6 Å². The summed E-state index contributed by atoms with van der Waals surface area (Å²) in [6, 6.07) is -0.507. The summed E-state index contributed by atoms with van der Waals surface area (Å²) in [5.74, 6) is 2.26. The molecule has 2 aromatic rings. The summed E-state index contributed by atoms with van der Waals surface area (Å²) in [7, 11) is 2.15. The fourth-order valence-corrected chi connectivity index (χ4v) is 3.05. The molecule has 3 rings (SSSR count). The minimum Gasteiger partial charge on any atom is -0.462 e. The van der Waals surface area contributed by atoms with Crippen molar-refractivity contribution in [3.63, 3.8) is 0 Å². The first-order chi connectivity index (χ1) is 16.9. The first-order valence-corrected chi connectivity index (χ1v) is 12.5. The second-order valence-corrected chi connectivity index (χ2v) is 8.78. The van der Waals surface area contributed by atoms with Crippen molar-refractivity contribution >= 4 is 32.4 Å². The second kappa shape index (κ2) is 17.1. The van der Waals surface area contributed by atoms with E-state index in [9.17, 15) is 9.18 Å². The predicted molar refractivity (Wildman–Crippen MR) is 143 cm³/mol. The van der Waals surface area contributed by atoms with Gasteiger partial charge in [0, 0.05) is 9.47 Å². The van der Waals surface area contributed by atoms with Crippen LogP contribution in [0, 0.1) is 18.4 Å². The molecule has 4 atom stereocenters. The maximum absolute atomic E-state index is 13.3. The number of hydrogen-bond donors (Lipinski definition) is 2. The highest BCUT2D eigenvalue weighted by atomic mass is 31.0. The molecule has 0 saturated carbocycles. The Bertz CT molecular complexity index is 964. The van der Waals surface area contributed by atoms with Gasteiger partial charge in [-0.3, -0.25) is 9.36 Å². The Balaban J connectivity index is 0.000000683. The Hall–Kier alpha value is -2.38. The summed E-state index contributed by atoms with van der Waals surface area (Å²) >= 11 is 0. The number of halogens is 1. The van der Waals surface area contributed by atoms with E-state index >= 15 is 0 Å². The summed E-state index contributed by atoms with van der Waals surface area (Å²) in [5.41, 5.74) is 10.7. The molecule has 0 amide bonds. The van der Waals surface area contributed by atoms with Crippen LogP contribution in [0.25, 0.3) is 11.2 Å². The van der Waals surface area contributed by atoms with Gasteiger partial charge >= 0.3 is 12.0 Å². The molecule has 204 valence electrons. The molecule has 0 aliphatic carbocycles. The zero-order valence-electron chi connectivity index (χ0n) is 22.5. The number of carbonyl (C=O) groups excluding carboxylic acids is 1. The first-order valence-electron chi connectivity index (χ1n) is 12.0. The minimum absolute atomic E-state index is 0.00856. The largest absolute Gasteiger partial charge is 0.462 e. The number of anilines is 1. The van der Waals surface area contributed by atoms with Crippen LogP contribution in [0.4, 0.5) is 10.2 Å². The summed E-state index contributed by atoms with van der Waals surface area (Å²) in [4.78, 5) is 21.9. The second-order valence-electron chi connectivity index (χ2n) is 8.45. The number of nitrogen functional groups attached to an aromatic ring is 1. The van der Waals surface area contributed by atoms with E-state index in [1.54, 1.807) is 25.3 Å². The Morgan fingerprint density at radius 3 is 2.36 bits per heavy atom. The Morgan fingerprint density at radius 2 is 1.92 bits per heavy atom. The number of esters is 1.